The van der Waals surface area contributed by atoms with E-state index in [0.717, 1.165) is 60.4 Å². The number of piperidine rings is 1. The molecule has 1 spiro atoms. The molecule has 2 saturated heterocycles. The first-order valence-electron chi connectivity index (χ1n) is 12.7. The second-order valence-corrected chi connectivity index (χ2v) is 9.71. The lowest BCUT2D eigenvalue weighted by Crippen LogP contribution is -2.52. The second-order valence-electron chi connectivity index (χ2n) is 9.71. The molecule has 2 aliphatic rings. The van der Waals surface area contributed by atoms with E-state index in [1.165, 1.54) is 19.2 Å². The fraction of sp³-hybridized carbons (Fsp3) is 0.367. The quantitative estimate of drug-likeness (QED) is 0.458. The van der Waals surface area contributed by atoms with Crippen molar-refractivity contribution in [1.82, 2.24) is 0 Å². The number of para-hydroxylation sites is 1. The standard InChI is InChI=1S/C30H34N2O4/c1-34-29(33)19-25-6-2-3-8-28(25)35-21-23-16-26(24-7-4-5-22(15-24)20-31)18-27(17-23)32-12-9-30(10-13-32)11-14-36-30/h2-8,15-18H,9-14,19-21,31H2,1H3. The molecule has 6 nitrogen and oxygen atoms in total. The highest BCUT2D eigenvalue weighted by atomic mass is 16.5. The molecule has 0 atom stereocenters. The van der Waals surface area contributed by atoms with Crippen LogP contribution in [0.3, 0.4) is 0 Å². The highest BCUT2D eigenvalue weighted by molar-refractivity contribution is 5.73. The summed E-state index contributed by atoms with van der Waals surface area (Å²) in [4.78, 5) is 14.3. The Morgan fingerprint density at radius 3 is 2.47 bits per heavy atom. The van der Waals surface area contributed by atoms with Gasteiger partial charge in [-0.3, -0.25) is 4.79 Å². The van der Waals surface area contributed by atoms with E-state index in [2.05, 4.69) is 47.4 Å². The molecule has 188 valence electrons. The molecule has 0 aliphatic carbocycles. The third-order valence-electron chi connectivity index (χ3n) is 7.41. The normalized spacial score (nSPS) is 16.4. The minimum absolute atomic E-state index is 0.110. The van der Waals surface area contributed by atoms with Crippen LogP contribution in [0, 0.1) is 0 Å². The molecule has 0 amide bonds. The summed E-state index contributed by atoms with van der Waals surface area (Å²) in [6.07, 6.45) is 3.48. The lowest BCUT2D eigenvalue weighted by atomic mass is 9.84. The molecular formula is C30H34N2O4. The summed E-state index contributed by atoms with van der Waals surface area (Å²) in [5.74, 6) is 0.412. The summed E-state index contributed by atoms with van der Waals surface area (Å²) >= 11 is 0. The number of carbonyl (C=O) groups excluding carboxylic acids is 1. The van der Waals surface area contributed by atoms with Crippen molar-refractivity contribution < 1.29 is 19.0 Å². The molecule has 0 radical (unpaired) electrons. The number of carbonyl (C=O) groups is 1. The Morgan fingerprint density at radius 2 is 1.75 bits per heavy atom. The number of nitrogens with zero attached hydrogens (tertiary/aromatic N) is 1. The minimum atomic E-state index is -0.284. The molecule has 0 aromatic heterocycles. The van der Waals surface area contributed by atoms with Crippen molar-refractivity contribution in [2.45, 2.75) is 44.4 Å². The van der Waals surface area contributed by atoms with Gasteiger partial charge < -0.3 is 24.8 Å². The predicted molar refractivity (Wildman–Crippen MR) is 141 cm³/mol. The summed E-state index contributed by atoms with van der Waals surface area (Å²) < 4.78 is 17.0. The molecule has 0 unspecified atom stereocenters. The van der Waals surface area contributed by atoms with Crippen molar-refractivity contribution in [3.05, 3.63) is 83.4 Å². The average Bonchev–Trinajstić information content (AvgIpc) is 2.91. The van der Waals surface area contributed by atoms with Gasteiger partial charge in [-0.05, 0) is 71.8 Å². The first kappa shape index (κ1) is 24.3. The van der Waals surface area contributed by atoms with Crippen LogP contribution in [0.15, 0.2) is 66.7 Å². The zero-order valence-electron chi connectivity index (χ0n) is 20.9. The Labute approximate surface area is 213 Å². The topological polar surface area (TPSA) is 74.0 Å². The fourth-order valence-electron chi connectivity index (χ4n) is 5.12. The van der Waals surface area contributed by atoms with Gasteiger partial charge in [-0.25, -0.2) is 0 Å². The molecule has 0 bridgehead atoms. The lowest BCUT2D eigenvalue weighted by Gasteiger charge is -2.48. The number of methoxy groups -OCH3 is 1. The van der Waals surface area contributed by atoms with Crippen molar-refractivity contribution in [3.63, 3.8) is 0 Å². The fourth-order valence-corrected chi connectivity index (χ4v) is 5.12. The Bertz CT molecular complexity index is 1210. The van der Waals surface area contributed by atoms with Crippen LogP contribution in [0.5, 0.6) is 5.75 Å². The molecule has 2 fully saturated rings. The number of hydrogen-bond acceptors (Lipinski definition) is 6. The van der Waals surface area contributed by atoms with Gasteiger partial charge in [-0.2, -0.15) is 0 Å². The SMILES string of the molecule is COC(=O)Cc1ccccc1OCc1cc(-c2cccc(CN)c2)cc(N2CCC3(CCO3)CC2)c1. The number of anilines is 1. The lowest BCUT2D eigenvalue weighted by molar-refractivity contribution is -0.158. The average molecular weight is 487 g/mol. The van der Waals surface area contributed by atoms with E-state index in [0.29, 0.717) is 18.9 Å². The number of hydrogen-bond donors (Lipinski definition) is 1. The molecule has 3 aromatic rings. The summed E-state index contributed by atoms with van der Waals surface area (Å²) in [5, 5.41) is 0. The summed E-state index contributed by atoms with van der Waals surface area (Å²) in [5.41, 5.74) is 12.5. The van der Waals surface area contributed by atoms with Gasteiger partial charge in [0.05, 0.1) is 25.7 Å². The van der Waals surface area contributed by atoms with Crippen LogP contribution in [0.4, 0.5) is 5.69 Å². The van der Waals surface area contributed by atoms with Crippen LogP contribution >= 0.6 is 0 Å². The third-order valence-corrected chi connectivity index (χ3v) is 7.41. The van der Waals surface area contributed by atoms with E-state index in [4.69, 9.17) is 19.9 Å². The molecular weight excluding hydrogens is 452 g/mol. The third kappa shape index (κ3) is 5.40. The summed E-state index contributed by atoms with van der Waals surface area (Å²) in [7, 11) is 1.40. The van der Waals surface area contributed by atoms with E-state index >= 15 is 0 Å². The van der Waals surface area contributed by atoms with E-state index in [1.807, 2.05) is 24.3 Å². The van der Waals surface area contributed by atoms with Gasteiger partial charge in [0, 0.05) is 30.9 Å². The Balaban J connectivity index is 1.41. The van der Waals surface area contributed by atoms with Gasteiger partial charge >= 0.3 is 5.97 Å². The summed E-state index contributed by atoms with van der Waals surface area (Å²) in [6, 6.07) is 22.7. The van der Waals surface area contributed by atoms with E-state index < -0.39 is 0 Å². The molecule has 6 heteroatoms. The Morgan fingerprint density at radius 1 is 0.972 bits per heavy atom. The van der Waals surface area contributed by atoms with Crippen molar-refractivity contribution in [2.24, 2.45) is 5.73 Å². The van der Waals surface area contributed by atoms with Crippen LogP contribution in [-0.2, 0) is 33.8 Å². The monoisotopic (exact) mass is 486 g/mol. The van der Waals surface area contributed by atoms with Gasteiger partial charge in [0.25, 0.3) is 0 Å². The van der Waals surface area contributed by atoms with Gasteiger partial charge in [0.15, 0.2) is 0 Å². The molecule has 2 N–H and O–H groups in total. The van der Waals surface area contributed by atoms with E-state index in [1.54, 1.807) is 0 Å². The minimum Gasteiger partial charge on any atom is -0.489 e. The van der Waals surface area contributed by atoms with Crippen LogP contribution in [0.1, 0.15) is 36.0 Å². The molecule has 3 aromatic carbocycles. The van der Waals surface area contributed by atoms with Gasteiger partial charge in [0.2, 0.25) is 0 Å². The van der Waals surface area contributed by atoms with Crippen molar-refractivity contribution in [2.75, 3.05) is 31.7 Å². The van der Waals surface area contributed by atoms with Gasteiger partial charge in [-0.15, -0.1) is 0 Å². The highest BCUT2D eigenvalue weighted by Gasteiger charge is 2.41. The van der Waals surface area contributed by atoms with Crippen molar-refractivity contribution in [1.29, 1.82) is 0 Å². The number of rotatable bonds is 8. The van der Waals surface area contributed by atoms with Crippen LogP contribution in [0.2, 0.25) is 0 Å². The van der Waals surface area contributed by atoms with E-state index in [-0.39, 0.29) is 18.0 Å². The first-order chi connectivity index (χ1) is 17.6. The molecule has 5 rings (SSSR count). The maximum Gasteiger partial charge on any atom is 0.310 e. The largest absolute Gasteiger partial charge is 0.489 e. The summed E-state index contributed by atoms with van der Waals surface area (Å²) in [6.45, 7) is 3.76. The zero-order valence-corrected chi connectivity index (χ0v) is 20.9. The Hall–Kier alpha value is -3.35. The van der Waals surface area contributed by atoms with E-state index in [9.17, 15) is 4.79 Å². The number of nitrogens with two attached hydrogens (primary N) is 1. The molecule has 0 saturated carbocycles. The van der Waals surface area contributed by atoms with Crippen LogP contribution < -0.4 is 15.4 Å². The van der Waals surface area contributed by atoms with Crippen molar-refractivity contribution >= 4 is 11.7 Å². The van der Waals surface area contributed by atoms with Crippen LogP contribution in [0.25, 0.3) is 11.1 Å². The maximum absolute atomic E-state index is 11.9. The highest BCUT2D eigenvalue weighted by Crippen LogP contribution is 2.39. The number of ether oxygens (including phenoxy) is 3. The number of esters is 1. The molecule has 2 aliphatic heterocycles. The number of benzene rings is 3. The van der Waals surface area contributed by atoms with Crippen molar-refractivity contribution in [3.8, 4) is 16.9 Å². The molecule has 2 heterocycles. The predicted octanol–water partition coefficient (Wildman–Crippen LogP) is 4.87. The Kier molecular flexibility index (Phi) is 7.25. The van der Waals surface area contributed by atoms with Gasteiger partial charge in [0.1, 0.15) is 12.4 Å². The van der Waals surface area contributed by atoms with Crippen LogP contribution in [-0.4, -0.2) is 38.4 Å². The van der Waals surface area contributed by atoms with Gasteiger partial charge in [-0.1, -0.05) is 36.4 Å². The smallest absolute Gasteiger partial charge is 0.310 e. The maximum atomic E-state index is 11.9. The first-order valence-corrected chi connectivity index (χ1v) is 12.7. The molecule has 36 heavy (non-hydrogen) atoms. The zero-order chi connectivity index (χ0) is 25.0. The second kappa shape index (κ2) is 10.7.